The van der Waals surface area contributed by atoms with Gasteiger partial charge >= 0.3 is 6.03 Å². The van der Waals surface area contributed by atoms with Crippen LogP contribution in [-0.4, -0.2) is 30.2 Å². The van der Waals surface area contributed by atoms with Gasteiger partial charge in [-0.15, -0.1) is 0 Å². The van der Waals surface area contributed by atoms with Crippen LogP contribution in [0.4, 0.5) is 10.5 Å². The van der Waals surface area contributed by atoms with Crippen LogP contribution in [0.1, 0.15) is 11.1 Å². The summed E-state index contributed by atoms with van der Waals surface area (Å²) in [5.74, 6) is -0.0206. The van der Waals surface area contributed by atoms with Gasteiger partial charge in [-0.2, -0.15) is 0 Å². The molecule has 0 atom stereocenters. The fraction of sp³-hybridized carbons (Fsp3) is 0.333. The quantitative estimate of drug-likeness (QED) is 0.470. The van der Waals surface area contributed by atoms with E-state index >= 15 is 0 Å². The summed E-state index contributed by atoms with van der Waals surface area (Å²) < 4.78 is 0. The minimum Gasteiger partial charge on any atom is -0.394 e. The van der Waals surface area contributed by atoms with Crippen molar-refractivity contribution in [2.45, 2.75) is 13.8 Å². The lowest BCUT2D eigenvalue weighted by Gasteiger charge is -2.11. The number of nitrogens with one attached hydrogen (secondary N) is 2. The van der Waals surface area contributed by atoms with E-state index in [-0.39, 0.29) is 19.1 Å². The molecule has 0 aliphatic carbocycles. The second-order valence-corrected chi connectivity index (χ2v) is 3.84. The van der Waals surface area contributed by atoms with E-state index in [1.54, 1.807) is 0 Å². The van der Waals surface area contributed by atoms with Crippen molar-refractivity contribution in [3.63, 3.8) is 0 Å². The van der Waals surface area contributed by atoms with Crippen LogP contribution in [0.3, 0.4) is 0 Å². The van der Waals surface area contributed by atoms with Crippen molar-refractivity contribution in [3.8, 4) is 0 Å². The maximum Gasteiger partial charge on any atom is 0.326 e. The predicted octanol–water partition coefficient (Wildman–Crippen LogP) is 0.732. The van der Waals surface area contributed by atoms with Crippen molar-refractivity contribution in [2.24, 2.45) is 10.7 Å². The van der Waals surface area contributed by atoms with Crippen molar-refractivity contribution in [1.29, 1.82) is 0 Å². The average molecular weight is 250 g/mol. The first-order valence-electron chi connectivity index (χ1n) is 5.59. The Morgan fingerprint density at radius 2 is 2.00 bits per heavy atom. The predicted molar refractivity (Wildman–Crippen MR) is 71.6 cm³/mol. The van der Waals surface area contributed by atoms with Gasteiger partial charge < -0.3 is 16.2 Å². The highest BCUT2D eigenvalue weighted by Gasteiger charge is 2.07. The molecule has 0 aliphatic rings. The third-order valence-corrected chi connectivity index (χ3v) is 2.34. The van der Waals surface area contributed by atoms with Gasteiger partial charge in [-0.25, -0.2) is 4.79 Å². The van der Waals surface area contributed by atoms with E-state index in [2.05, 4.69) is 15.6 Å². The van der Waals surface area contributed by atoms with Crippen LogP contribution < -0.4 is 16.4 Å². The van der Waals surface area contributed by atoms with Gasteiger partial charge in [0.05, 0.1) is 13.2 Å². The molecule has 6 heteroatoms. The number of carbonyl (C=O) groups excluding carboxylic acids is 1. The SMILES string of the molecule is Cc1cccc(C)c1NC(=O)NC(N)=NCCO. The molecule has 0 saturated carbocycles. The lowest BCUT2D eigenvalue weighted by atomic mass is 10.1. The zero-order valence-corrected chi connectivity index (χ0v) is 10.5. The number of guanidine groups is 1. The summed E-state index contributed by atoms with van der Waals surface area (Å²) in [5, 5.41) is 13.7. The summed E-state index contributed by atoms with van der Waals surface area (Å²) >= 11 is 0. The molecule has 0 saturated heterocycles. The summed E-state index contributed by atoms with van der Waals surface area (Å²) in [7, 11) is 0. The van der Waals surface area contributed by atoms with Crippen molar-refractivity contribution < 1.29 is 9.90 Å². The second kappa shape index (κ2) is 6.61. The molecule has 1 rings (SSSR count). The molecule has 2 amide bonds. The molecule has 98 valence electrons. The number of aryl methyl sites for hydroxylation is 2. The van der Waals surface area contributed by atoms with Gasteiger partial charge in [0.15, 0.2) is 5.96 Å². The number of rotatable bonds is 3. The number of aliphatic hydroxyl groups excluding tert-OH is 1. The standard InChI is InChI=1S/C12H18N4O2/c1-8-4-3-5-9(2)10(8)15-12(18)16-11(13)14-6-7-17/h3-5,17H,6-7H2,1-2H3,(H4,13,14,15,16,18). The number of hydrogen-bond donors (Lipinski definition) is 4. The Morgan fingerprint density at radius 3 is 2.56 bits per heavy atom. The lowest BCUT2D eigenvalue weighted by Crippen LogP contribution is -2.40. The van der Waals surface area contributed by atoms with Crippen molar-refractivity contribution in [3.05, 3.63) is 29.3 Å². The fourth-order valence-electron chi connectivity index (χ4n) is 1.48. The minimum atomic E-state index is -0.452. The van der Waals surface area contributed by atoms with E-state index in [0.717, 1.165) is 16.8 Å². The van der Waals surface area contributed by atoms with Gasteiger partial charge in [-0.1, -0.05) is 18.2 Å². The number of carbonyl (C=O) groups is 1. The molecular weight excluding hydrogens is 232 g/mol. The first kappa shape index (κ1) is 14.0. The normalized spacial score (nSPS) is 11.2. The molecular formula is C12H18N4O2. The number of para-hydroxylation sites is 1. The molecule has 5 N–H and O–H groups in total. The Hall–Kier alpha value is -2.08. The monoisotopic (exact) mass is 250 g/mol. The number of nitrogens with two attached hydrogens (primary N) is 1. The number of urea groups is 1. The molecule has 0 aromatic heterocycles. The number of anilines is 1. The summed E-state index contributed by atoms with van der Waals surface area (Å²) in [6.45, 7) is 3.87. The Bertz CT molecular complexity index is 437. The molecule has 18 heavy (non-hydrogen) atoms. The Morgan fingerprint density at radius 1 is 1.39 bits per heavy atom. The van der Waals surface area contributed by atoms with Gasteiger partial charge in [0.1, 0.15) is 0 Å². The zero-order chi connectivity index (χ0) is 13.5. The van der Waals surface area contributed by atoms with Crippen molar-refractivity contribution >= 4 is 17.7 Å². The number of amides is 2. The molecule has 1 aromatic rings. The molecule has 0 spiro atoms. The van der Waals surface area contributed by atoms with Crippen LogP contribution in [0.15, 0.2) is 23.2 Å². The van der Waals surface area contributed by atoms with Gasteiger partial charge in [0, 0.05) is 5.69 Å². The van der Waals surface area contributed by atoms with Crippen molar-refractivity contribution in [2.75, 3.05) is 18.5 Å². The van der Waals surface area contributed by atoms with E-state index in [9.17, 15) is 4.79 Å². The number of nitrogens with zero attached hydrogens (tertiary/aromatic N) is 1. The van der Waals surface area contributed by atoms with E-state index in [1.807, 2.05) is 32.0 Å². The van der Waals surface area contributed by atoms with Crippen LogP contribution >= 0.6 is 0 Å². The topological polar surface area (TPSA) is 99.7 Å². The second-order valence-electron chi connectivity index (χ2n) is 3.84. The third kappa shape index (κ3) is 4.06. The fourth-order valence-corrected chi connectivity index (χ4v) is 1.48. The maximum atomic E-state index is 11.6. The third-order valence-electron chi connectivity index (χ3n) is 2.34. The minimum absolute atomic E-state index is 0.0206. The maximum absolute atomic E-state index is 11.6. The van der Waals surface area contributed by atoms with Crippen LogP contribution in [0.5, 0.6) is 0 Å². The highest BCUT2D eigenvalue weighted by molar-refractivity contribution is 6.02. The molecule has 0 aliphatic heterocycles. The summed E-state index contributed by atoms with van der Waals surface area (Å²) in [5.41, 5.74) is 8.15. The average Bonchev–Trinajstić information content (AvgIpc) is 2.31. The zero-order valence-electron chi connectivity index (χ0n) is 10.5. The molecule has 0 radical (unpaired) electrons. The molecule has 0 heterocycles. The van der Waals surface area contributed by atoms with Crippen molar-refractivity contribution in [1.82, 2.24) is 5.32 Å². The van der Waals surface area contributed by atoms with Crippen LogP contribution in [0, 0.1) is 13.8 Å². The number of aliphatic hydroxyl groups is 1. The van der Waals surface area contributed by atoms with E-state index in [1.165, 1.54) is 0 Å². The van der Waals surface area contributed by atoms with Gasteiger partial charge in [0.25, 0.3) is 0 Å². The Balaban J connectivity index is 2.65. The molecule has 0 fully saturated rings. The van der Waals surface area contributed by atoms with E-state index in [4.69, 9.17) is 10.8 Å². The first-order chi connectivity index (χ1) is 8.54. The molecule has 0 bridgehead atoms. The summed E-state index contributed by atoms with van der Waals surface area (Å²) in [6, 6.07) is 5.29. The van der Waals surface area contributed by atoms with E-state index in [0.29, 0.717) is 0 Å². The molecule has 1 aromatic carbocycles. The first-order valence-corrected chi connectivity index (χ1v) is 5.59. The van der Waals surface area contributed by atoms with Gasteiger partial charge in [0.2, 0.25) is 0 Å². The van der Waals surface area contributed by atoms with Crippen LogP contribution in [-0.2, 0) is 0 Å². The molecule has 0 unspecified atom stereocenters. The highest BCUT2D eigenvalue weighted by Crippen LogP contribution is 2.18. The number of hydrogen-bond acceptors (Lipinski definition) is 3. The smallest absolute Gasteiger partial charge is 0.326 e. The van der Waals surface area contributed by atoms with E-state index < -0.39 is 6.03 Å². The summed E-state index contributed by atoms with van der Waals surface area (Å²) in [4.78, 5) is 15.4. The van der Waals surface area contributed by atoms with Crippen LogP contribution in [0.25, 0.3) is 0 Å². The highest BCUT2D eigenvalue weighted by atomic mass is 16.3. The largest absolute Gasteiger partial charge is 0.394 e. The van der Waals surface area contributed by atoms with Gasteiger partial charge in [-0.05, 0) is 25.0 Å². The van der Waals surface area contributed by atoms with Gasteiger partial charge in [-0.3, -0.25) is 10.3 Å². The Kier molecular flexibility index (Phi) is 5.13. The lowest BCUT2D eigenvalue weighted by molar-refractivity contribution is 0.256. The number of aliphatic imine (C=N–C) groups is 1. The molecule has 6 nitrogen and oxygen atoms in total. The summed E-state index contributed by atoms with van der Waals surface area (Å²) in [6.07, 6.45) is 0. The van der Waals surface area contributed by atoms with Crippen LogP contribution in [0.2, 0.25) is 0 Å². The Labute approximate surface area is 106 Å². The number of benzene rings is 1.